The molecule has 4 nitrogen and oxygen atoms in total. The highest BCUT2D eigenvalue weighted by molar-refractivity contribution is 5.81. The molecule has 3 N–H and O–H groups in total. The highest BCUT2D eigenvalue weighted by Gasteiger charge is 2.17. The minimum atomic E-state index is -0.520. The van der Waals surface area contributed by atoms with Gasteiger partial charge in [0.05, 0.1) is 6.10 Å². The Morgan fingerprint density at radius 2 is 1.73 bits per heavy atom. The fourth-order valence-corrected chi connectivity index (χ4v) is 2.26. The topological polar surface area (TPSA) is 64.3 Å². The van der Waals surface area contributed by atoms with E-state index < -0.39 is 11.9 Å². The Balaban J connectivity index is 2.12. The smallest absolute Gasteiger partial charge is 0.239 e. The molecule has 0 aliphatic carbocycles. The van der Waals surface area contributed by atoms with Crippen LogP contribution in [0.2, 0.25) is 0 Å². The van der Waals surface area contributed by atoms with Gasteiger partial charge in [-0.15, -0.1) is 0 Å². The Morgan fingerprint density at radius 1 is 1.09 bits per heavy atom. The summed E-state index contributed by atoms with van der Waals surface area (Å²) in [6.07, 6.45) is 0.0993. The Hall–Kier alpha value is -2.33. The van der Waals surface area contributed by atoms with Gasteiger partial charge in [-0.3, -0.25) is 10.1 Å². The quantitative estimate of drug-likeness (QED) is 0.826. The van der Waals surface area contributed by atoms with E-state index in [4.69, 9.17) is 10.5 Å². The molecule has 2 rings (SSSR count). The van der Waals surface area contributed by atoms with Crippen LogP contribution in [0, 0.1) is 0 Å². The maximum atomic E-state index is 11.7. The predicted octanol–water partition coefficient (Wildman–Crippen LogP) is 2.79. The number of carbonyl (C=O) groups excluding carboxylic acids is 1. The lowest BCUT2D eigenvalue weighted by Gasteiger charge is -2.18. The lowest BCUT2D eigenvalue weighted by Crippen LogP contribution is -2.33. The first-order valence-electron chi connectivity index (χ1n) is 7.40. The summed E-state index contributed by atoms with van der Waals surface area (Å²) in [6, 6.07) is 16.7. The molecule has 0 aliphatic heterocycles. The van der Waals surface area contributed by atoms with Crippen molar-refractivity contribution in [2.45, 2.75) is 32.5 Å². The number of hydrogen-bond donors (Lipinski definition) is 2. The number of primary amides is 1. The van der Waals surface area contributed by atoms with Crippen molar-refractivity contribution in [2.75, 3.05) is 0 Å². The molecule has 0 bridgehead atoms. The average molecular weight is 298 g/mol. The molecule has 116 valence electrons. The third-order valence-electron chi connectivity index (χ3n) is 3.25. The zero-order valence-electron chi connectivity index (χ0n) is 13.0. The highest BCUT2D eigenvalue weighted by Crippen LogP contribution is 2.21. The van der Waals surface area contributed by atoms with Crippen LogP contribution in [-0.4, -0.2) is 12.0 Å². The largest absolute Gasteiger partial charge is 0.491 e. The van der Waals surface area contributed by atoms with Gasteiger partial charge in [-0.1, -0.05) is 48.5 Å². The number of ether oxygens (including phenoxy) is 1. The van der Waals surface area contributed by atoms with Gasteiger partial charge in [0, 0.05) is 12.1 Å². The molecular formula is C18H22N2O2. The van der Waals surface area contributed by atoms with Crippen molar-refractivity contribution in [2.24, 2.45) is 5.73 Å². The molecule has 0 aromatic heterocycles. The van der Waals surface area contributed by atoms with Crippen molar-refractivity contribution in [3.05, 3.63) is 65.7 Å². The molecule has 0 saturated heterocycles. The fraction of sp³-hybridized carbons (Fsp3) is 0.278. The Morgan fingerprint density at radius 3 is 2.36 bits per heavy atom. The maximum Gasteiger partial charge on any atom is 0.239 e. The van der Waals surface area contributed by atoms with Crippen molar-refractivity contribution in [1.29, 1.82) is 0 Å². The molecule has 22 heavy (non-hydrogen) atoms. The molecule has 0 saturated carbocycles. The summed E-state index contributed by atoms with van der Waals surface area (Å²) in [5.41, 5.74) is 7.38. The van der Waals surface area contributed by atoms with Gasteiger partial charge in [-0.25, -0.2) is 0 Å². The SMILES string of the molecule is CC(C)Oc1ccccc1CNC(C(N)=O)c1ccccc1. The second kappa shape index (κ2) is 7.61. The molecule has 1 amide bonds. The fourth-order valence-electron chi connectivity index (χ4n) is 2.26. The third-order valence-corrected chi connectivity index (χ3v) is 3.25. The molecule has 0 heterocycles. The summed E-state index contributed by atoms with van der Waals surface area (Å²) < 4.78 is 5.79. The molecule has 1 unspecified atom stereocenters. The average Bonchev–Trinajstić information content (AvgIpc) is 2.49. The Kier molecular flexibility index (Phi) is 5.55. The van der Waals surface area contributed by atoms with Crippen LogP contribution in [-0.2, 0) is 11.3 Å². The highest BCUT2D eigenvalue weighted by atomic mass is 16.5. The van der Waals surface area contributed by atoms with E-state index in [9.17, 15) is 4.79 Å². The number of benzene rings is 2. The number of hydrogen-bond acceptors (Lipinski definition) is 3. The van der Waals surface area contributed by atoms with Gasteiger partial charge >= 0.3 is 0 Å². The zero-order chi connectivity index (χ0) is 15.9. The van der Waals surface area contributed by atoms with Crippen LogP contribution in [0.15, 0.2) is 54.6 Å². The van der Waals surface area contributed by atoms with Crippen LogP contribution < -0.4 is 15.8 Å². The van der Waals surface area contributed by atoms with Crippen LogP contribution in [0.1, 0.15) is 31.0 Å². The summed E-state index contributed by atoms with van der Waals surface area (Å²) in [5, 5.41) is 3.21. The first kappa shape index (κ1) is 16.0. The number of nitrogens with two attached hydrogens (primary N) is 1. The monoisotopic (exact) mass is 298 g/mol. The van der Waals surface area contributed by atoms with Crippen molar-refractivity contribution < 1.29 is 9.53 Å². The predicted molar refractivity (Wildman–Crippen MR) is 87.4 cm³/mol. The maximum absolute atomic E-state index is 11.7. The van der Waals surface area contributed by atoms with Gasteiger partial charge in [0.25, 0.3) is 0 Å². The van der Waals surface area contributed by atoms with Crippen molar-refractivity contribution in [3.8, 4) is 5.75 Å². The number of carbonyl (C=O) groups is 1. The number of nitrogens with one attached hydrogen (secondary N) is 1. The van der Waals surface area contributed by atoms with E-state index in [1.165, 1.54) is 0 Å². The van der Waals surface area contributed by atoms with Crippen LogP contribution in [0.5, 0.6) is 5.75 Å². The van der Waals surface area contributed by atoms with Crippen molar-refractivity contribution in [1.82, 2.24) is 5.32 Å². The van der Waals surface area contributed by atoms with Crippen LogP contribution >= 0.6 is 0 Å². The summed E-state index contributed by atoms with van der Waals surface area (Å²) in [6.45, 7) is 4.48. The summed E-state index contributed by atoms with van der Waals surface area (Å²) in [7, 11) is 0. The van der Waals surface area contributed by atoms with Gasteiger partial charge in [0.15, 0.2) is 0 Å². The van der Waals surface area contributed by atoms with Gasteiger partial charge in [0.1, 0.15) is 11.8 Å². The van der Waals surface area contributed by atoms with Crippen LogP contribution in [0.25, 0.3) is 0 Å². The Labute approximate surface area is 131 Å². The molecule has 2 aromatic carbocycles. The number of para-hydroxylation sites is 1. The number of amides is 1. The minimum absolute atomic E-state index is 0.0993. The normalized spacial score (nSPS) is 12.1. The van der Waals surface area contributed by atoms with E-state index in [2.05, 4.69) is 5.32 Å². The second-order valence-corrected chi connectivity index (χ2v) is 5.40. The lowest BCUT2D eigenvalue weighted by molar-refractivity contribution is -0.120. The molecule has 0 aliphatic rings. The first-order valence-corrected chi connectivity index (χ1v) is 7.40. The summed E-state index contributed by atoms with van der Waals surface area (Å²) >= 11 is 0. The molecule has 2 aromatic rings. The van der Waals surface area contributed by atoms with Crippen molar-refractivity contribution >= 4 is 5.91 Å². The molecule has 0 radical (unpaired) electrons. The third kappa shape index (κ3) is 4.33. The minimum Gasteiger partial charge on any atom is -0.491 e. The van der Waals surface area contributed by atoms with E-state index in [-0.39, 0.29) is 6.10 Å². The standard InChI is InChI=1S/C18H22N2O2/c1-13(2)22-16-11-7-6-10-15(16)12-20-17(18(19)21)14-8-4-3-5-9-14/h3-11,13,17,20H,12H2,1-2H3,(H2,19,21). The van der Waals surface area contributed by atoms with E-state index in [0.29, 0.717) is 6.54 Å². The van der Waals surface area contributed by atoms with Crippen molar-refractivity contribution in [3.63, 3.8) is 0 Å². The molecule has 4 heteroatoms. The number of rotatable bonds is 7. The van der Waals surface area contributed by atoms with Gasteiger partial charge in [0.2, 0.25) is 5.91 Å². The molecule has 0 fully saturated rings. The molecule has 0 spiro atoms. The van der Waals surface area contributed by atoms with Gasteiger partial charge in [-0.2, -0.15) is 0 Å². The second-order valence-electron chi connectivity index (χ2n) is 5.40. The van der Waals surface area contributed by atoms with Gasteiger partial charge < -0.3 is 10.5 Å². The van der Waals surface area contributed by atoms with E-state index >= 15 is 0 Å². The van der Waals surface area contributed by atoms with E-state index in [0.717, 1.165) is 16.9 Å². The zero-order valence-corrected chi connectivity index (χ0v) is 13.0. The molecule has 1 atom stereocenters. The summed E-state index contributed by atoms with van der Waals surface area (Å²) in [5.74, 6) is 0.426. The lowest BCUT2D eigenvalue weighted by atomic mass is 10.1. The van der Waals surface area contributed by atoms with E-state index in [1.807, 2.05) is 68.4 Å². The van der Waals surface area contributed by atoms with Crippen LogP contribution in [0.3, 0.4) is 0 Å². The van der Waals surface area contributed by atoms with Crippen LogP contribution in [0.4, 0.5) is 0 Å². The first-order chi connectivity index (χ1) is 10.6. The Bertz CT molecular complexity index is 611. The van der Waals surface area contributed by atoms with E-state index in [1.54, 1.807) is 0 Å². The molecular weight excluding hydrogens is 276 g/mol. The summed E-state index contributed by atoms with van der Waals surface area (Å²) in [4.78, 5) is 11.7. The van der Waals surface area contributed by atoms with Gasteiger partial charge in [-0.05, 0) is 25.5 Å².